The summed E-state index contributed by atoms with van der Waals surface area (Å²) in [5.41, 5.74) is 1.14. The van der Waals surface area contributed by atoms with Gasteiger partial charge < -0.3 is 9.64 Å². The monoisotopic (exact) mass is 302 g/mol. The number of hydrogen-bond acceptors (Lipinski definition) is 3. The van der Waals surface area contributed by atoms with Crippen LogP contribution in [0.4, 0.5) is 0 Å². The van der Waals surface area contributed by atoms with Crippen LogP contribution in [0.5, 0.6) is 0 Å². The molecular formula is C18H26N2O2. The number of carbonyl (C=O) groups is 1. The van der Waals surface area contributed by atoms with E-state index in [0.717, 1.165) is 44.2 Å². The molecule has 0 N–H and O–H groups in total. The van der Waals surface area contributed by atoms with Gasteiger partial charge in [-0.25, -0.2) is 0 Å². The maximum Gasteiger partial charge on any atom is 0.252 e. The molecule has 1 aromatic heterocycles. The number of pyridine rings is 1. The molecule has 2 heterocycles. The first-order valence-electron chi connectivity index (χ1n) is 8.65. The van der Waals surface area contributed by atoms with Crippen molar-refractivity contribution >= 4 is 5.91 Å². The molecule has 3 rings (SSSR count). The third kappa shape index (κ3) is 3.32. The van der Waals surface area contributed by atoms with Crippen LogP contribution in [0.2, 0.25) is 0 Å². The van der Waals surface area contributed by atoms with E-state index in [1.165, 1.54) is 12.8 Å². The van der Waals surface area contributed by atoms with Crippen molar-refractivity contribution in [2.75, 3.05) is 6.54 Å². The van der Waals surface area contributed by atoms with Crippen LogP contribution in [0.25, 0.3) is 0 Å². The Bertz CT molecular complexity index is 485. The van der Waals surface area contributed by atoms with Crippen molar-refractivity contribution in [1.82, 2.24) is 9.88 Å². The van der Waals surface area contributed by atoms with Crippen LogP contribution in [0.1, 0.15) is 63.5 Å². The highest BCUT2D eigenvalue weighted by Crippen LogP contribution is 2.33. The van der Waals surface area contributed by atoms with Crippen LogP contribution in [0, 0.1) is 0 Å². The molecule has 1 aromatic rings. The smallest absolute Gasteiger partial charge is 0.252 e. The highest BCUT2D eigenvalue weighted by atomic mass is 16.5. The molecule has 1 aliphatic carbocycles. The fraction of sp³-hybridized carbons (Fsp3) is 0.667. The maximum absolute atomic E-state index is 12.9. The van der Waals surface area contributed by atoms with Gasteiger partial charge in [0.05, 0.1) is 12.1 Å². The van der Waals surface area contributed by atoms with Crippen molar-refractivity contribution in [3.8, 4) is 0 Å². The lowest BCUT2D eigenvalue weighted by Crippen LogP contribution is -2.41. The third-order valence-corrected chi connectivity index (χ3v) is 4.91. The van der Waals surface area contributed by atoms with Crippen LogP contribution in [0.3, 0.4) is 0 Å². The Hall–Kier alpha value is -1.42. The average molecular weight is 302 g/mol. The molecule has 2 fully saturated rings. The summed E-state index contributed by atoms with van der Waals surface area (Å²) < 4.78 is 6.11. The van der Waals surface area contributed by atoms with Gasteiger partial charge in [-0.2, -0.15) is 0 Å². The minimum Gasteiger partial charge on any atom is -0.365 e. The van der Waals surface area contributed by atoms with E-state index in [1.807, 2.05) is 24.1 Å². The van der Waals surface area contributed by atoms with Gasteiger partial charge in [0.2, 0.25) is 0 Å². The largest absolute Gasteiger partial charge is 0.365 e. The van der Waals surface area contributed by atoms with Gasteiger partial charge in [0.15, 0.2) is 0 Å². The lowest BCUT2D eigenvalue weighted by molar-refractivity contribution is -0.148. The number of carbonyl (C=O) groups excluding carboxylic acids is 1. The first-order valence-corrected chi connectivity index (χ1v) is 8.65. The van der Waals surface area contributed by atoms with Crippen molar-refractivity contribution in [2.24, 2.45) is 0 Å². The summed E-state index contributed by atoms with van der Waals surface area (Å²) in [7, 11) is 0. The van der Waals surface area contributed by atoms with E-state index in [9.17, 15) is 4.79 Å². The zero-order valence-corrected chi connectivity index (χ0v) is 13.4. The summed E-state index contributed by atoms with van der Waals surface area (Å²) in [6, 6.07) is 4.19. The van der Waals surface area contributed by atoms with Crippen molar-refractivity contribution in [3.63, 3.8) is 0 Å². The Balaban J connectivity index is 1.68. The lowest BCUT2D eigenvalue weighted by Gasteiger charge is -2.30. The van der Waals surface area contributed by atoms with E-state index < -0.39 is 0 Å². The number of aromatic nitrogens is 1. The molecule has 1 saturated carbocycles. The summed E-state index contributed by atoms with van der Waals surface area (Å²) in [6.45, 7) is 2.88. The van der Waals surface area contributed by atoms with Crippen LogP contribution in [-0.2, 0) is 9.53 Å². The standard InChI is InChI=1S/C18H26N2O2/c1-2-17(22-15-8-3-4-9-15)18(21)20-12-6-10-16(20)14-7-5-11-19-13-14/h5,7,11,13,15-17H,2-4,6,8-10,12H2,1H3. The summed E-state index contributed by atoms with van der Waals surface area (Å²) >= 11 is 0. The van der Waals surface area contributed by atoms with Gasteiger partial charge in [-0.1, -0.05) is 25.8 Å². The average Bonchev–Trinajstić information content (AvgIpc) is 3.24. The molecule has 22 heavy (non-hydrogen) atoms. The Kier molecular flexibility index (Phi) is 5.08. The van der Waals surface area contributed by atoms with E-state index in [1.54, 1.807) is 6.20 Å². The topological polar surface area (TPSA) is 42.4 Å². The molecule has 2 unspecified atom stereocenters. The van der Waals surface area contributed by atoms with Crippen LogP contribution in [0.15, 0.2) is 24.5 Å². The number of hydrogen-bond donors (Lipinski definition) is 0. The molecule has 2 atom stereocenters. The van der Waals surface area contributed by atoms with E-state index in [-0.39, 0.29) is 24.2 Å². The third-order valence-electron chi connectivity index (χ3n) is 4.91. The van der Waals surface area contributed by atoms with E-state index in [0.29, 0.717) is 0 Å². The van der Waals surface area contributed by atoms with Gasteiger partial charge in [-0.3, -0.25) is 9.78 Å². The van der Waals surface area contributed by atoms with E-state index in [4.69, 9.17) is 4.74 Å². The van der Waals surface area contributed by atoms with Gasteiger partial charge in [0.1, 0.15) is 6.10 Å². The molecule has 1 amide bonds. The van der Waals surface area contributed by atoms with Crippen molar-refractivity contribution in [2.45, 2.75) is 70.1 Å². The summed E-state index contributed by atoms with van der Waals surface area (Å²) in [5, 5.41) is 0. The van der Waals surface area contributed by atoms with Crippen LogP contribution >= 0.6 is 0 Å². The lowest BCUT2D eigenvalue weighted by atomic mass is 10.1. The van der Waals surface area contributed by atoms with Crippen molar-refractivity contribution < 1.29 is 9.53 Å². The van der Waals surface area contributed by atoms with Gasteiger partial charge >= 0.3 is 0 Å². The molecule has 2 aliphatic rings. The van der Waals surface area contributed by atoms with E-state index >= 15 is 0 Å². The minimum absolute atomic E-state index is 0.167. The first kappa shape index (κ1) is 15.5. The number of rotatable bonds is 5. The zero-order chi connectivity index (χ0) is 15.4. The maximum atomic E-state index is 12.9. The fourth-order valence-corrected chi connectivity index (χ4v) is 3.72. The molecule has 4 nitrogen and oxygen atoms in total. The second-order valence-electron chi connectivity index (χ2n) is 6.42. The van der Waals surface area contributed by atoms with Gasteiger partial charge in [-0.15, -0.1) is 0 Å². The highest BCUT2D eigenvalue weighted by molar-refractivity contribution is 5.81. The SMILES string of the molecule is CCC(OC1CCCC1)C(=O)N1CCCC1c1cccnc1. The summed E-state index contributed by atoms with van der Waals surface area (Å²) in [5.74, 6) is 0.167. The Morgan fingerprint density at radius 3 is 2.86 bits per heavy atom. The van der Waals surface area contributed by atoms with Crippen LogP contribution < -0.4 is 0 Å². The zero-order valence-electron chi connectivity index (χ0n) is 13.4. The predicted octanol–water partition coefficient (Wildman–Crippen LogP) is 3.48. The fourth-order valence-electron chi connectivity index (χ4n) is 3.72. The molecule has 0 radical (unpaired) electrons. The predicted molar refractivity (Wildman–Crippen MR) is 85.3 cm³/mol. The Labute approximate surface area is 132 Å². The van der Waals surface area contributed by atoms with Crippen molar-refractivity contribution in [1.29, 1.82) is 0 Å². The first-order chi connectivity index (χ1) is 10.8. The van der Waals surface area contributed by atoms with Crippen LogP contribution in [-0.4, -0.2) is 34.5 Å². The molecule has 0 aromatic carbocycles. The highest BCUT2D eigenvalue weighted by Gasteiger charge is 2.35. The minimum atomic E-state index is -0.277. The molecule has 1 aliphatic heterocycles. The molecule has 1 saturated heterocycles. The number of nitrogens with zero attached hydrogens (tertiary/aromatic N) is 2. The Morgan fingerprint density at radius 1 is 1.36 bits per heavy atom. The normalized spacial score (nSPS) is 23.9. The number of likely N-dealkylation sites (tertiary alicyclic amines) is 1. The molecule has 0 bridgehead atoms. The molecule has 4 heteroatoms. The number of amides is 1. The molecule has 0 spiro atoms. The Morgan fingerprint density at radius 2 is 2.18 bits per heavy atom. The van der Waals surface area contributed by atoms with E-state index in [2.05, 4.69) is 11.1 Å². The van der Waals surface area contributed by atoms with Gasteiger partial charge in [-0.05, 0) is 43.7 Å². The summed E-state index contributed by atoms with van der Waals surface area (Å²) in [4.78, 5) is 19.1. The molecule has 120 valence electrons. The van der Waals surface area contributed by atoms with Gasteiger partial charge in [0, 0.05) is 18.9 Å². The second-order valence-corrected chi connectivity index (χ2v) is 6.42. The van der Waals surface area contributed by atoms with Gasteiger partial charge in [0.25, 0.3) is 5.91 Å². The number of ether oxygens (including phenoxy) is 1. The quantitative estimate of drug-likeness (QED) is 0.836. The summed E-state index contributed by atoms with van der Waals surface area (Å²) in [6.07, 6.45) is 11.2. The second kappa shape index (κ2) is 7.23. The van der Waals surface area contributed by atoms with Crippen molar-refractivity contribution in [3.05, 3.63) is 30.1 Å². The molecular weight excluding hydrogens is 276 g/mol.